The Hall–Kier alpha value is -1.87. The number of rotatable bonds is 3. The Balaban J connectivity index is 1.87. The molecule has 0 bridgehead atoms. The van der Waals surface area contributed by atoms with Crippen LogP contribution < -0.4 is 4.74 Å². The van der Waals surface area contributed by atoms with Gasteiger partial charge in [0.05, 0.1) is 5.52 Å². The van der Waals surface area contributed by atoms with Crippen molar-refractivity contribution in [1.82, 2.24) is 4.98 Å². The molecule has 106 valence electrons. The summed E-state index contributed by atoms with van der Waals surface area (Å²) in [5.41, 5.74) is 4.52. The standard InChI is InChI=1S/C18H16BrNO/c1-12-9-15(10-13(2)18(12)19)21-11-14-7-8-20-17-6-4-3-5-16(14)17/h3-10H,11H2,1-2H3. The monoisotopic (exact) mass is 341 g/mol. The summed E-state index contributed by atoms with van der Waals surface area (Å²) in [5, 5.41) is 1.14. The van der Waals surface area contributed by atoms with Crippen LogP contribution in [0.15, 0.2) is 53.1 Å². The topological polar surface area (TPSA) is 22.1 Å². The third-order valence-electron chi connectivity index (χ3n) is 3.54. The van der Waals surface area contributed by atoms with E-state index in [1.807, 2.05) is 30.5 Å². The average Bonchev–Trinajstić information content (AvgIpc) is 2.50. The van der Waals surface area contributed by atoms with Crippen molar-refractivity contribution in [2.24, 2.45) is 0 Å². The predicted octanol–water partition coefficient (Wildman–Crippen LogP) is 5.19. The molecule has 21 heavy (non-hydrogen) atoms. The number of hydrogen-bond donors (Lipinski definition) is 0. The Kier molecular flexibility index (Phi) is 3.93. The number of aromatic nitrogens is 1. The lowest BCUT2D eigenvalue weighted by Crippen LogP contribution is -1.98. The molecule has 2 nitrogen and oxygen atoms in total. The first-order valence-electron chi connectivity index (χ1n) is 6.87. The molecular weight excluding hydrogens is 326 g/mol. The van der Waals surface area contributed by atoms with Crippen molar-refractivity contribution in [2.75, 3.05) is 0 Å². The lowest BCUT2D eigenvalue weighted by Gasteiger charge is -2.11. The summed E-state index contributed by atoms with van der Waals surface area (Å²) in [7, 11) is 0. The normalized spacial score (nSPS) is 10.8. The van der Waals surface area contributed by atoms with E-state index in [0.717, 1.165) is 26.7 Å². The van der Waals surface area contributed by atoms with E-state index < -0.39 is 0 Å². The summed E-state index contributed by atoms with van der Waals surface area (Å²) in [6.45, 7) is 4.70. The Morgan fingerprint density at radius 1 is 1.05 bits per heavy atom. The van der Waals surface area contributed by atoms with Gasteiger partial charge >= 0.3 is 0 Å². The van der Waals surface area contributed by atoms with Crippen LogP contribution in [0, 0.1) is 13.8 Å². The molecule has 0 N–H and O–H groups in total. The summed E-state index contributed by atoms with van der Waals surface area (Å²) < 4.78 is 7.11. The number of pyridine rings is 1. The molecule has 3 rings (SSSR count). The van der Waals surface area contributed by atoms with Crippen LogP contribution >= 0.6 is 15.9 Å². The van der Waals surface area contributed by atoms with E-state index in [4.69, 9.17) is 4.74 Å². The summed E-state index contributed by atoms with van der Waals surface area (Å²) in [4.78, 5) is 4.37. The molecular formula is C18H16BrNO. The lowest BCUT2D eigenvalue weighted by molar-refractivity contribution is 0.307. The molecule has 0 fully saturated rings. The van der Waals surface area contributed by atoms with Crippen molar-refractivity contribution in [3.05, 3.63) is 69.8 Å². The molecule has 0 unspecified atom stereocenters. The zero-order valence-electron chi connectivity index (χ0n) is 12.1. The van der Waals surface area contributed by atoms with Gasteiger partial charge in [-0.3, -0.25) is 4.98 Å². The fraction of sp³-hybridized carbons (Fsp3) is 0.167. The van der Waals surface area contributed by atoms with E-state index in [-0.39, 0.29) is 0 Å². The molecule has 0 aliphatic rings. The van der Waals surface area contributed by atoms with Crippen molar-refractivity contribution in [3.8, 4) is 5.75 Å². The number of benzene rings is 2. The Labute approximate surface area is 132 Å². The second-order valence-corrected chi connectivity index (χ2v) is 5.94. The highest BCUT2D eigenvalue weighted by Gasteiger charge is 2.05. The second kappa shape index (κ2) is 5.86. The molecule has 0 aliphatic heterocycles. The number of fused-ring (bicyclic) bond motifs is 1. The zero-order valence-corrected chi connectivity index (χ0v) is 13.6. The minimum absolute atomic E-state index is 0.545. The summed E-state index contributed by atoms with van der Waals surface area (Å²) in [6.07, 6.45) is 1.83. The van der Waals surface area contributed by atoms with Crippen LogP contribution in [-0.4, -0.2) is 4.98 Å². The quantitative estimate of drug-likeness (QED) is 0.653. The SMILES string of the molecule is Cc1cc(OCc2ccnc3ccccc23)cc(C)c1Br. The van der Waals surface area contributed by atoms with Gasteiger partial charge in [0.2, 0.25) is 0 Å². The van der Waals surface area contributed by atoms with Gasteiger partial charge in [0.25, 0.3) is 0 Å². The fourth-order valence-electron chi connectivity index (χ4n) is 2.43. The van der Waals surface area contributed by atoms with Gasteiger partial charge in [-0.2, -0.15) is 0 Å². The predicted molar refractivity (Wildman–Crippen MR) is 89.7 cm³/mol. The van der Waals surface area contributed by atoms with Crippen molar-refractivity contribution in [3.63, 3.8) is 0 Å². The first-order chi connectivity index (χ1) is 10.1. The van der Waals surface area contributed by atoms with E-state index in [9.17, 15) is 0 Å². The van der Waals surface area contributed by atoms with Gasteiger partial charge in [-0.15, -0.1) is 0 Å². The lowest BCUT2D eigenvalue weighted by atomic mass is 10.1. The molecule has 2 aromatic carbocycles. The third kappa shape index (κ3) is 2.93. The highest BCUT2D eigenvalue weighted by Crippen LogP contribution is 2.27. The van der Waals surface area contributed by atoms with Gasteiger partial charge in [0, 0.05) is 21.6 Å². The average molecular weight is 342 g/mol. The second-order valence-electron chi connectivity index (χ2n) is 5.15. The third-order valence-corrected chi connectivity index (χ3v) is 4.79. The number of ether oxygens (including phenoxy) is 1. The molecule has 3 heteroatoms. The van der Waals surface area contributed by atoms with E-state index in [0.29, 0.717) is 6.61 Å². The van der Waals surface area contributed by atoms with Gasteiger partial charge in [-0.1, -0.05) is 34.1 Å². The number of aryl methyl sites for hydroxylation is 2. The van der Waals surface area contributed by atoms with Gasteiger partial charge in [-0.25, -0.2) is 0 Å². The van der Waals surface area contributed by atoms with Crippen molar-refractivity contribution < 1.29 is 4.74 Å². The molecule has 0 aliphatic carbocycles. The molecule has 0 atom stereocenters. The summed E-state index contributed by atoms with van der Waals surface area (Å²) >= 11 is 3.58. The van der Waals surface area contributed by atoms with Crippen molar-refractivity contribution in [1.29, 1.82) is 0 Å². The number of hydrogen-bond acceptors (Lipinski definition) is 2. The van der Waals surface area contributed by atoms with Crippen LogP contribution in [0.2, 0.25) is 0 Å². The minimum Gasteiger partial charge on any atom is -0.489 e. The van der Waals surface area contributed by atoms with E-state index in [1.54, 1.807) is 0 Å². The molecule has 0 spiro atoms. The maximum absolute atomic E-state index is 5.97. The van der Waals surface area contributed by atoms with E-state index in [2.05, 4.69) is 53.0 Å². The van der Waals surface area contributed by atoms with Gasteiger partial charge in [-0.05, 0) is 49.2 Å². The molecule has 3 aromatic rings. The fourth-order valence-corrected chi connectivity index (χ4v) is 2.66. The van der Waals surface area contributed by atoms with Crippen LogP contribution in [0.4, 0.5) is 0 Å². The Morgan fingerprint density at radius 2 is 1.76 bits per heavy atom. The smallest absolute Gasteiger partial charge is 0.120 e. The molecule has 0 radical (unpaired) electrons. The van der Waals surface area contributed by atoms with Gasteiger partial charge in [0.15, 0.2) is 0 Å². The first kappa shape index (κ1) is 14.1. The molecule has 1 aromatic heterocycles. The Morgan fingerprint density at radius 3 is 2.52 bits per heavy atom. The van der Waals surface area contributed by atoms with Crippen molar-refractivity contribution >= 4 is 26.8 Å². The minimum atomic E-state index is 0.545. The number of nitrogens with zero attached hydrogens (tertiary/aromatic N) is 1. The van der Waals surface area contributed by atoms with Crippen LogP contribution in [0.25, 0.3) is 10.9 Å². The molecule has 0 saturated heterocycles. The first-order valence-corrected chi connectivity index (χ1v) is 7.66. The van der Waals surface area contributed by atoms with Crippen LogP contribution in [0.1, 0.15) is 16.7 Å². The highest BCUT2D eigenvalue weighted by atomic mass is 79.9. The molecule has 1 heterocycles. The Bertz CT molecular complexity index is 770. The van der Waals surface area contributed by atoms with Crippen LogP contribution in [-0.2, 0) is 6.61 Å². The van der Waals surface area contributed by atoms with E-state index in [1.165, 1.54) is 11.1 Å². The number of para-hydroxylation sites is 1. The molecule has 0 saturated carbocycles. The maximum atomic E-state index is 5.97. The van der Waals surface area contributed by atoms with Crippen LogP contribution in [0.5, 0.6) is 5.75 Å². The molecule has 0 amide bonds. The van der Waals surface area contributed by atoms with Crippen molar-refractivity contribution in [2.45, 2.75) is 20.5 Å². The maximum Gasteiger partial charge on any atom is 0.120 e. The van der Waals surface area contributed by atoms with E-state index >= 15 is 0 Å². The zero-order chi connectivity index (χ0) is 14.8. The van der Waals surface area contributed by atoms with Gasteiger partial charge in [0.1, 0.15) is 12.4 Å². The van der Waals surface area contributed by atoms with Crippen LogP contribution in [0.3, 0.4) is 0 Å². The summed E-state index contributed by atoms with van der Waals surface area (Å²) in [5.74, 6) is 0.897. The summed E-state index contributed by atoms with van der Waals surface area (Å²) in [6, 6.07) is 14.3. The van der Waals surface area contributed by atoms with Gasteiger partial charge < -0.3 is 4.74 Å². The highest BCUT2D eigenvalue weighted by molar-refractivity contribution is 9.10. The number of halogens is 1. The largest absolute Gasteiger partial charge is 0.489 e.